The molecule has 1 N–H and O–H groups in total. The van der Waals surface area contributed by atoms with Gasteiger partial charge in [0.15, 0.2) is 0 Å². The van der Waals surface area contributed by atoms with Gasteiger partial charge in [-0.3, -0.25) is 0 Å². The van der Waals surface area contributed by atoms with Crippen LogP contribution in [0.15, 0.2) is 12.2 Å². The highest BCUT2D eigenvalue weighted by molar-refractivity contribution is 4.84. The quantitative estimate of drug-likeness (QED) is 0.579. The maximum Gasteiger partial charge on any atom is 0.00959 e. The molecule has 0 bridgehead atoms. The van der Waals surface area contributed by atoms with Crippen molar-refractivity contribution in [2.75, 3.05) is 7.05 Å². The van der Waals surface area contributed by atoms with Gasteiger partial charge in [-0.15, -0.1) is 0 Å². The summed E-state index contributed by atoms with van der Waals surface area (Å²) < 4.78 is 0. The molecule has 0 heterocycles. The maximum atomic E-state index is 3.26. The van der Waals surface area contributed by atoms with Crippen LogP contribution in [0.5, 0.6) is 0 Å². The fraction of sp³-hybridized carbons (Fsp3) is 0.778. The molecule has 0 saturated carbocycles. The fourth-order valence-electron chi connectivity index (χ4n) is 0.916. The topological polar surface area (TPSA) is 12.0 Å². The number of rotatable bonds is 5. The zero-order valence-corrected chi connectivity index (χ0v) is 7.35. The Balaban J connectivity index is 3.34. The molecular formula is C9H19N. The molecule has 0 radical (unpaired) electrons. The minimum Gasteiger partial charge on any atom is -0.317 e. The summed E-state index contributed by atoms with van der Waals surface area (Å²) in [6.45, 7) is 4.37. The second-order valence-corrected chi connectivity index (χ2v) is 2.51. The SMILES string of the molecule is CC/C=C/C[C@H](CC)NC. The molecule has 0 fully saturated rings. The smallest absolute Gasteiger partial charge is 0.00959 e. The predicted octanol–water partition coefficient (Wildman–Crippen LogP) is 2.34. The van der Waals surface area contributed by atoms with Gasteiger partial charge < -0.3 is 5.32 Å². The van der Waals surface area contributed by atoms with Gasteiger partial charge in [0.05, 0.1) is 0 Å². The fourth-order valence-corrected chi connectivity index (χ4v) is 0.916. The highest BCUT2D eigenvalue weighted by Crippen LogP contribution is 1.97. The van der Waals surface area contributed by atoms with Crippen LogP contribution < -0.4 is 5.32 Å². The van der Waals surface area contributed by atoms with E-state index in [2.05, 4.69) is 31.3 Å². The Kier molecular flexibility index (Phi) is 6.61. The van der Waals surface area contributed by atoms with E-state index in [0.29, 0.717) is 6.04 Å². The van der Waals surface area contributed by atoms with Crippen LogP contribution in [0, 0.1) is 0 Å². The van der Waals surface area contributed by atoms with E-state index < -0.39 is 0 Å². The van der Waals surface area contributed by atoms with Crippen LogP contribution in [0.3, 0.4) is 0 Å². The zero-order valence-electron chi connectivity index (χ0n) is 7.35. The summed E-state index contributed by atoms with van der Waals surface area (Å²) in [7, 11) is 2.02. The van der Waals surface area contributed by atoms with Gasteiger partial charge in [0.1, 0.15) is 0 Å². The number of allylic oxidation sites excluding steroid dienone is 1. The molecule has 60 valence electrons. The number of nitrogens with one attached hydrogen (secondary N) is 1. The summed E-state index contributed by atoms with van der Waals surface area (Å²) in [5.74, 6) is 0. The molecule has 1 atom stereocenters. The zero-order chi connectivity index (χ0) is 7.82. The van der Waals surface area contributed by atoms with Crippen molar-refractivity contribution in [2.24, 2.45) is 0 Å². The van der Waals surface area contributed by atoms with Crippen LogP contribution in [0.4, 0.5) is 0 Å². The van der Waals surface area contributed by atoms with Gasteiger partial charge in [-0.05, 0) is 26.3 Å². The van der Waals surface area contributed by atoms with Crippen LogP contribution in [-0.2, 0) is 0 Å². The molecule has 0 aliphatic rings. The Morgan fingerprint density at radius 2 is 2.00 bits per heavy atom. The van der Waals surface area contributed by atoms with Crippen molar-refractivity contribution in [2.45, 2.75) is 39.2 Å². The molecule has 0 aromatic heterocycles. The minimum atomic E-state index is 0.669. The Morgan fingerprint density at radius 1 is 1.30 bits per heavy atom. The molecule has 0 aliphatic heterocycles. The average Bonchev–Trinajstić information content (AvgIpc) is 1.99. The van der Waals surface area contributed by atoms with Crippen LogP contribution in [-0.4, -0.2) is 13.1 Å². The van der Waals surface area contributed by atoms with E-state index in [0.717, 1.165) is 6.42 Å². The summed E-state index contributed by atoms with van der Waals surface area (Å²) in [5.41, 5.74) is 0. The van der Waals surface area contributed by atoms with E-state index in [1.54, 1.807) is 0 Å². The van der Waals surface area contributed by atoms with Crippen molar-refractivity contribution >= 4 is 0 Å². The van der Waals surface area contributed by atoms with Gasteiger partial charge in [0, 0.05) is 6.04 Å². The normalized spacial score (nSPS) is 14.3. The Bertz CT molecular complexity index is 82.7. The van der Waals surface area contributed by atoms with Crippen molar-refractivity contribution in [1.82, 2.24) is 5.32 Å². The van der Waals surface area contributed by atoms with Crippen molar-refractivity contribution in [1.29, 1.82) is 0 Å². The van der Waals surface area contributed by atoms with Gasteiger partial charge in [-0.2, -0.15) is 0 Å². The van der Waals surface area contributed by atoms with Crippen molar-refractivity contribution in [3.8, 4) is 0 Å². The lowest BCUT2D eigenvalue weighted by Gasteiger charge is -2.09. The second kappa shape index (κ2) is 6.81. The van der Waals surface area contributed by atoms with Crippen LogP contribution in [0.25, 0.3) is 0 Å². The molecule has 0 aromatic rings. The standard InChI is InChI=1S/C9H19N/c1-4-6-7-8-9(5-2)10-3/h6-7,9-10H,4-5,8H2,1-3H3/b7-6+/t9-/m0/s1. The second-order valence-electron chi connectivity index (χ2n) is 2.51. The molecule has 0 amide bonds. The van der Waals surface area contributed by atoms with Crippen molar-refractivity contribution in [3.05, 3.63) is 12.2 Å². The molecule has 1 heteroatoms. The molecule has 0 spiro atoms. The van der Waals surface area contributed by atoms with E-state index in [9.17, 15) is 0 Å². The third-order valence-electron chi connectivity index (χ3n) is 1.72. The van der Waals surface area contributed by atoms with Crippen LogP contribution in [0.2, 0.25) is 0 Å². The summed E-state index contributed by atoms with van der Waals surface area (Å²) in [6.07, 6.45) is 8.01. The number of hydrogen-bond acceptors (Lipinski definition) is 1. The van der Waals surface area contributed by atoms with Crippen molar-refractivity contribution < 1.29 is 0 Å². The average molecular weight is 141 g/mol. The minimum absolute atomic E-state index is 0.669. The van der Waals surface area contributed by atoms with Gasteiger partial charge in [-0.25, -0.2) is 0 Å². The molecule has 0 aliphatic carbocycles. The largest absolute Gasteiger partial charge is 0.317 e. The lowest BCUT2D eigenvalue weighted by Crippen LogP contribution is -2.22. The first-order valence-corrected chi connectivity index (χ1v) is 4.17. The Hall–Kier alpha value is -0.300. The van der Waals surface area contributed by atoms with E-state index in [4.69, 9.17) is 0 Å². The van der Waals surface area contributed by atoms with Crippen molar-refractivity contribution in [3.63, 3.8) is 0 Å². The van der Waals surface area contributed by atoms with Gasteiger partial charge >= 0.3 is 0 Å². The third kappa shape index (κ3) is 4.57. The van der Waals surface area contributed by atoms with E-state index in [1.807, 2.05) is 7.05 Å². The summed E-state index contributed by atoms with van der Waals surface area (Å²) in [5, 5.41) is 3.26. The van der Waals surface area contributed by atoms with Gasteiger partial charge in [0.2, 0.25) is 0 Å². The Labute approximate surface area is 64.5 Å². The first kappa shape index (κ1) is 9.70. The summed E-state index contributed by atoms with van der Waals surface area (Å²) in [6, 6.07) is 0.669. The maximum absolute atomic E-state index is 3.26. The molecule has 0 unspecified atom stereocenters. The molecule has 0 rings (SSSR count). The predicted molar refractivity (Wildman–Crippen MR) is 47.2 cm³/mol. The monoisotopic (exact) mass is 141 g/mol. The first-order chi connectivity index (χ1) is 4.85. The number of hydrogen-bond donors (Lipinski definition) is 1. The molecule has 0 saturated heterocycles. The van der Waals surface area contributed by atoms with E-state index in [1.165, 1.54) is 12.8 Å². The summed E-state index contributed by atoms with van der Waals surface area (Å²) in [4.78, 5) is 0. The molecular weight excluding hydrogens is 122 g/mol. The van der Waals surface area contributed by atoms with Crippen LogP contribution >= 0.6 is 0 Å². The Morgan fingerprint density at radius 3 is 2.40 bits per heavy atom. The van der Waals surface area contributed by atoms with Crippen LogP contribution in [0.1, 0.15) is 33.1 Å². The lowest BCUT2D eigenvalue weighted by molar-refractivity contribution is 0.552. The molecule has 0 aromatic carbocycles. The summed E-state index contributed by atoms with van der Waals surface area (Å²) >= 11 is 0. The molecule has 10 heavy (non-hydrogen) atoms. The third-order valence-corrected chi connectivity index (χ3v) is 1.72. The molecule has 1 nitrogen and oxygen atoms in total. The van der Waals surface area contributed by atoms with E-state index >= 15 is 0 Å². The van der Waals surface area contributed by atoms with Gasteiger partial charge in [-0.1, -0.05) is 26.0 Å². The van der Waals surface area contributed by atoms with Gasteiger partial charge in [0.25, 0.3) is 0 Å². The lowest BCUT2D eigenvalue weighted by atomic mass is 10.1. The first-order valence-electron chi connectivity index (χ1n) is 4.17. The highest BCUT2D eigenvalue weighted by atomic mass is 14.9. The highest BCUT2D eigenvalue weighted by Gasteiger charge is 1.96. The van der Waals surface area contributed by atoms with E-state index in [-0.39, 0.29) is 0 Å².